The van der Waals surface area contributed by atoms with Crippen molar-refractivity contribution in [3.63, 3.8) is 0 Å². The molecule has 2 fully saturated rings. The summed E-state index contributed by atoms with van der Waals surface area (Å²) in [5.74, 6) is 0.376. The van der Waals surface area contributed by atoms with Crippen LogP contribution in [-0.2, 0) is 22.6 Å². The zero-order chi connectivity index (χ0) is 25.7. The van der Waals surface area contributed by atoms with E-state index in [-0.39, 0.29) is 43.7 Å². The molecule has 0 unspecified atom stereocenters. The molecule has 5 heterocycles. The van der Waals surface area contributed by atoms with E-state index in [0.29, 0.717) is 31.1 Å². The minimum absolute atomic E-state index is 0.000318. The van der Waals surface area contributed by atoms with Gasteiger partial charge in [0, 0.05) is 50.4 Å². The quantitative estimate of drug-likeness (QED) is 0.469. The molecule has 192 valence electrons. The molecule has 10 nitrogen and oxygen atoms in total. The fraction of sp³-hybridized carbons (Fsp3) is 0.407. The third-order valence-corrected chi connectivity index (χ3v) is 7.86. The molecule has 0 aliphatic carbocycles. The predicted molar refractivity (Wildman–Crippen MR) is 132 cm³/mol. The van der Waals surface area contributed by atoms with Crippen LogP contribution >= 0.6 is 0 Å². The highest BCUT2D eigenvalue weighted by atomic mass is 16.7. The van der Waals surface area contributed by atoms with Gasteiger partial charge in [-0.3, -0.25) is 24.6 Å². The number of nitrogens with one attached hydrogen (secondary N) is 1. The molecule has 2 aromatic rings. The molecule has 4 amide bonds. The molecule has 2 saturated heterocycles. The van der Waals surface area contributed by atoms with E-state index >= 15 is 0 Å². The van der Waals surface area contributed by atoms with Crippen molar-refractivity contribution in [2.75, 3.05) is 33.0 Å². The van der Waals surface area contributed by atoms with E-state index in [1.165, 1.54) is 6.08 Å². The number of benzene rings is 1. The zero-order valence-corrected chi connectivity index (χ0v) is 20.4. The van der Waals surface area contributed by atoms with E-state index < -0.39 is 23.3 Å². The van der Waals surface area contributed by atoms with Crippen LogP contribution in [0.1, 0.15) is 23.6 Å². The fourth-order valence-corrected chi connectivity index (χ4v) is 6.28. The second-order valence-corrected chi connectivity index (χ2v) is 10.3. The van der Waals surface area contributed by atoms with Crippen molar-refractivity contribution in [3.05, 3.63) is 70.7 Å². The zero-order valence-electron chi connectivity index (χ0n) is 20.4. The van der Waals surface area contributed by atoms with E-state index in [0.717, 1.165) is 22.6 Å². The lowest BCUT2D eigenvalue weighted by molar-refractivity contribution is -0.153. The summed E-state index contributed by atoms with van der Waals surface area (Å²) in [7, 11) is 0. The average Bonchev–Trinajstić information content (AvgIpc) is 3.34. The van der Waals surface area contributed by atoms with Gasteiger partial charge in [-0.2, -0.15) is 0 Å². The highest BCUT2D eigenvalue weighted by molar-refractivity contribution is 6.19. The molecular weight excluding hydrogens is 476 g/mol. The molecule has 2 bridgehead atoms. The number of piperidine rings is 1. The smallest absolute Gasteiger partial charge is 0.331 e. The summed E-state index contributed by atoms with van der Waals surface area (Å²) < 4.78 is 12.8. The number of likely N-dealkylation sites (tertiary alicyclic amines) is 1. The Morgan fingerprint density at radius 2 is 1.89 bits per heavy atom. The summed E-state index contributed by atoms with van der Waals surface area (Å²) in [6, 6.07) is 9.98. The Labute approximate surface area is 213 Å². The van der Waals surface area contributed by atoms with Crippen LogP contribution in [0.4, 0.5) is 4.79 Å². The van der Waals surface area contributed by atoms with E-state index in [1.807, 2.05) is 16.7 Å². The molecule has 0 spiro atoms. The first-order valence-corrected chi connectivity index (χ1v) is 12.5. The van der Waals surface area contributed by atoms with E-state index in [1.54, 1.807) is 24.3 Å². The van der Waals surface area contributed by atoms with Crippen molar-refractivity contribution in [2.24, 2.45) is 11.3 Å². The van der Waals surface area contributed by atoms with Gasteiger partial charge in [0.1, 0.15) is 5.41 Å². The highest BCUT2D eigenvalue weighted by Crippen LogP contribution is 2.40. The molecule has 1 aromatic heterocycles. The van der Waals surface area contributed by atoms with Crippen LogP contribution < -0.4 is 20.3 Å². The number of imide groups is 2. The van der Waals surface area contributed by atoms with Crippen LogP contribution in [0, 0.1) is 11.3 Å². The number of hydrogen-bond donors (Lipinski definition) is 1. The Hall–Kier alpha value is -3.92. The number of urea groups is 1. The fourth-order valence-electron chi connectivity index (χ4n) is 6.28. The first-order chi connectivity index (χ1) is 17.9. The van der Waals surface area contributed by atoms with Crippen molar-refractivity contribution in [1.29, 1.82) is 0 Å². The SMILES string of the molecule is C=CCN1C(=O)NC(=O)[C@@](Cc2ccc3c(c2)OCO3)(CN2C[C@@H]3C[C@H](C2)c2cccc(=O)n2C3)C1=O. The van der Waals surface area contributed by atoms with Crippen LogP contribution in [0.3, 0.4) is 0 Å². The van der Waals surface area contributed by atoms with Crippen LogP contribution in [-0.4, -0.2) is 65.2 Å². The van der Waals surface area contributed by atoms with E-state index in [4.69, 9.17) is 9.47 Å². The Bertz CT molecular complexity index is 1370. The lowest BCUT2D eigenvalue weighted by atomic mass is 9.75. The Morgan fingerprint density at radius 3 is 2.73 bits per heavy atom. The summed E-state index contributed by atoms with van der Waals surface area (Å²) in [6.07, 6.45) is 2.52. The average molecular weight is 505 g/mol. The Morgan fingerprint density at radius 1 is 1.05 bits per heavy atom. The number of amides is 4. The molecule has 1 N–H and O–H groups in total. The van der Waals surface area contributed by atoms with E-state index in [2.05, 4.69) is 16.8 Å². The summed E-state index contributed by atoms with van der Waals surface area (Å²) in [6.45, 7) is 5.81. The molecule has 10 heteroatoms. The van der Waals surface area contributed by atoms with Gasteiger partial charge in [0.2, 0.25) is 18.6 Å². The van der Waals surface area contributed by atoms with Gasteiger partial charge in [0.15, 0.2) is 11.5 Å². The molecule has 1 aromatic carbocycles. The van der Waals surface area contributed by atoms with Crippen LogP contribution in [0.15, 0.2) is 53.8 Å². The normalized spacial score (nSPS) is 26.6. The maximum atomic E-state index is 13.9. The second kappa shape index (κ2) is 8.88. The van der Waals surface area contributed by atoms with Crippen molar-refractivity contribution in [3.8, 4) is 11.5 Å². The van der Waals surface area contributed by atoms with Gasteiger partial charge in [-0.25, -0.2) is 4.79 Å². The van der Waals surface area contributed by atoms with Gasteiger partial charge < -0.3 is 18.9 Å². The number of carbonyl (C=O) groups excluding carboxylic acids is 3. The molecule has 3 atom stereocenters. The lowest BCUT2D eigenvalue weighted by Gasteiger charge is -2.47. The van der Waals surface area contributed by atoms with Gasteiger partial charge in [-0.15, -0.1) is 6.58 Å². The number of rotatable bonds is 6. The standard InChI is InChI=1S/C27H28N4O6/c1-2-8-30-25(34)27(24(33)28-26(30)35,11-17-6-7-21-22(10-17)37-16-36-21)15-29-12-18-9-19(14-29)20-4-3-5-23(32)31(20)13-18/h2-7,10,18-19H,1,8-9,11-16H2,(H,28,33,35)/t18-,19+,27+/m0/s1. The predicted octanol–water partition coefficient (Wildman–Crippen LogP) is 1.49. The number of ether oxygens (including phenoxy) is 2. The van der Waals surface area contributed by atoms with Crippen molar-refractivity contribution < 1.29 is 23.9 Å². The number of aromatic nitrogens is 1. The first-order valence-electron chi connectivity index (χ1n) is 12.5. The molecule has 4 aliphatic rings. The minimum atomic E-state index is -1.52. The molecular formula is C27H28N4O6. The molecule has 6 rings (SSSR count). The van der Waals surface area contributed by atoms with Crippen molar-refractivity contribution in [2.45, 2.75) is 25.3 Å². The summed E-state index contributed by atoms with van der Waals surface area (Å²) in [5.41, 5.74) is 0.198. The maximum Gasteiger partial charge on any atom is 0.331 e. The van der Waals surface area contributed by atoms with Crippen LogP contribution in [0.25, 0.3) is 0 Å². The first kappa shape index (κ1) is 23.5. The Balaban J connectivity index is 1.35. The van der Waals surface area contributed by atoms with Gasteiger partial charge >= 0.3 is 6.03 Å². The molecule has 0 radical (unpaired) electrons. The summed E-state index contributed by atoms with van der Waals surface area (Å²) in [5, 5.41) is 2.42. The number of hydrogen-bond acceptors (Lipinski definition) is 7. The molecule has 37 heavy (non-hydrogen) atoms. The lowest BCUT2D eigenvalue weighted by Crippen LogP contribution is -2.68. The number of pyridine rings is 1. The Kier molecular flexibility index (Phi) is 5.63. The summed E-state index contributed by atoms with van der Waals surface area (Å²) >= 11 is 0. The minimum Gasteiger partial charge on any atom is -0.454 e. The van der Waals surface area contributed by atoms with Gasteiger partial charge in [-0.1, -0.05) is 18.2 Å². The second-order valence-electron chi connectivity index (χ2n) is 10.3. The number of barbiturate groups is 1. The van der Waals surface area contributed by atoms with Crippen molar-refractivity contribution >= 4 is 17.8 Å². The van der Waals surface area contributed by atoms with Crippen molar-refractivity contribution in [1.82, 2.24) is 19.7 Å². The third-order valence-electron chi connectivity index (χ3n) is 7.86. The van der Waals surface area contributed by atoms with E-state index in [9.17, 15) is 19.2 Å². The highest BCUT2D eigenvalue weighted by Gasteiger charge is 2.55. The van der Waals surface area contributed by atoms with Gasteiger partial charge in [0.25, 0.3) is 5.56 Å². The van der Waals surface area contributed by atoms with Crippen LogP contribution in [0.2, 0.25) is 0 Å². The number of nitrogens with zero attached hydrogens (tertiary/aromatic N) is 3. The summed E-state index contributed by atoms with van der Waals surface area (Å²) in [4.78, 5) is 55.7. The van der Waals surface area contributed by atoms with Gasteiger partial charge in [-0.05, 0) is 42.5 Å². The number of carbonyl (C=O) groups is 3. The van der Waals surface area contributed by atoms with Crippen LogP contribution in [0.5, 0.6) is 11.5 Å². The number of fused-ring (bicyclic) bond motifs is 5. The molecule has 4 aliphatic heterocycles. The third kappa shape index (κ3) is 3.92. The molecule has 0 saturated carbocycles. The monoisotopic (exact) mass is 504 g/mol. The largest absolute Gasteiger partial charge is 0.454 e. The maximum absolute atomic E-state index is 13.9. The topological polar surface area (TPSA) is 110 Å². The van der Waals surface area contributed by atoms with Gasteiger partial charge in [0.05, 0.1) is 0 Å².